The topological polar surface area (TPSA) is 78.4 Å². The minimum atomic E-state index is -1.01. The van der Waals surface area contributed by atoms with Crippen molar-refractivity contribution in [3.8, 4) is 0 Å². The van der Waals surface area contributed by atoms with Gasteiger partial charge < -0.3 is 15.7 Å². The van der Waals surface area contributed by atoms with E-state index in [4.69, 9.17) is 5.11 Å². The highest BCUT2D eigenvalue weighted by molar-refractivity contribution is 5.95. The van der Waals surface area contributed by atoms with Gasteiger partial charge in [-0.15, -0.1) is 0 Å². The molecule has 0 aliphatic rings. The number of hydrogen-bond acceptors (Lipinski definition) is 3. The number of carboxylic acid groups (broad SMARTS) is 1. The van der Waals surface area contributed by atoms with Crippen molar-refractivity contribution in [3.63, 3.8) is 0 Å². The minimum absolute atomic E-state index is 0.0737. The lowest BCUT2D eigenvalue weighted by Crippen LogP contribution is -2.30. The number of benzene rings is 1. The Bertz CT molecular complexity index is 404. The van der Waals surface area contributed by atoms with Gasteiger partial charge in [-0.05, 0) is 18.6 Å². The Morgan fingerprint density at radius 1 is 1.29 bits per heavy atom. The lowest BCUT2D eigenvalue weighted by atomic mass is 10.2. The maximum atomic E-state index is 11.3. The van der Waals surface area contributed by atoms with Crippen molar-refractivity contribution in [1.29, 1.82) is 0 Å². The second-order valence-corrected chi connectivity index (χ2v) is 3.55. The van der Waals surface area contributed by atoms with Crippen molar-refractivity contribution in [2.75, 3.05) is 18.4 Å². The monoisotopic (exact) mass is 236 g/mol. The summed E-state index contributed by atoms with van der Waals surface area (Å²) in [5.74, 6) is -1.16. The normalized spacial score (nSPS) is 9.71. The summed E-state index contributed by atoms with van der Waals surface area (Å²) < 4.78 is 0. The zero-order valence-electron chi connectivity index (χ0n) is 9.69. The fraction of sp³-hybridized carbons (Fsp3) is 0.333. The number of carbonyl (C=O) groups is 2. The third kappa shape index (κ3) is 4.14. The van der Waals surface area contributed by atoms with Crippen LogP contribution in [0.1, 0.15) is 23.7 Å². The van der Waals surface area contributed by atoms with E-state index in [-0.39, 0.29) is 18.0 Å². The molecular formula is C12H16N2O3. The van der Waals surface area contributed by atoms with E-state index in [0.29, 0.717) is 12.2 Å². The third-order valence-corrected chi connectivity index (χ3v) is 2.17. The summed E-state index contributed by atoms with van der Waals surface area (Å²) in [6.45, 7) is 2.67. The number of para-hydroxylation sites is 1. The molecule has 0 bridgehead atoms. The van der Waals surface area contributed by atoms with E-state index in [1.165, 1.54) is 6.07 Å². The first kappa shape index (κ1) is 13.0. The SMILES string of the molecule is CCCNC(=O)CNc1ccccc1C(=O)O. The fourth-order valence-corrected chi connectivity index (χ4v) is 1.33. The molecule has 17 heavy (non-hydrogen) atoms. The summed E-state index contributed by atoms with van der Waals surface area (Å²) in [5.41, 5.74) is 0.613. The predicted octanol–water partition coefficient (Wildman–Crippen LogP) is 1.32. The average Bonchev–Trinajstić information content (AvgIpc) is 2.34. The maximum absolute atomic E-state index is 11.3. The van der Waals surface area contributed by atoms with Crippen LogP contribution in [0.2, 0.25) is 0 Å². The molecule has 1 aromatic rings. The standard InChI is InChI=1S/C12H16N2O3/c1-2-7-13-11(15)8-14-10-6-4-3-5-9(10)12(16)17/h3-6,14H,2,7-8H2,1H3,(H,13,15)(H,16,17). The van der Waals surface area contributed by atoms with Gasteiger partial charge in [-0.25, -0.2) is 4.79 Å². The van der Waals surface area contributed by atoms with Gasteiger partial charge in [0.25, 0.3) is 0 Å². The Hall–Kier alpha value is -2.04. The average molecular weight is 236 g/mol. The summed E-state index contributed by atoms with van der Waals surface area (Å²) in [6.07, 6.45) is 0.872. The van der Waals surface area contributed by atoms with Crippen molar-refractivity contribution >= 4 is 17.6 Å². The van der Waals surface area contributed by atoms with Crippen molar-refractivity contribution < 1.29 is 14.7 Å². The Balaban J connectivity index is 2.57. The molecule has 0 saturated heterocycles. The van der Waals surface area contributed by atoms with E-state index in [1.807, 2.05) is 6.92 Å². The molecule has 0 saturated carbocycles. The van der Waals surface area contributed by atoms with Gasteiger partial charge in [-0.2, -0.15) is 0 Å². The van der Waals surface area contributed by atoms with Crippen LogP contribution in [0.15, 0.2) is 24.3 Å². The summed E-state index contributed by atoms with van der Waals surface area (Å²) >= 11 is 0. The number of amides is 1. The molecular weight excluding hydrogens is 220 g/mol. The molecule has 1 aromatic carbocycles. The second kappa shape index (κ2) is 6.52. The zero-order chi connectivity index (χ0) is 12.7. The molecule has 0 heterocycles. The molecule has 1 rings (SSSR count). The highest BCUT2D eigenvalue weighted by atomic mass is 16.4. The van der Waals surface area contributed by atoms with Gasteiger partial charge in [0.2, 0.25) is 5.91 Å². The predicted molar refractivity (Wildman–Crippen MR) is 65.2 cm³/mol. The molecule has 1 amide bonds. The van der Waals surface area contributed by atoms with Crippen LogP contribution in [-0.2, 0) is 4.79 Å². The third-order valence-electron chi connectivity index (χ3n) is 2.17. The van der Waals surface area contributed by atoms with Crippen LogP contribution in [0.4, 0.5) is 5.69 Å². The molecule has 0 aliphatic carbocycles. The number of anilines is 1. The first-order chi connectivity index (χ1) is 8.15. The van der Waals surface area contributed by atoms with Crippen molar-refractivity contribution in [1.82, 2.24) is 5.32 Å². The van der Waals surface area contributed by atoms with Gasteiger partial charge in [0.15, 0.2) is 0 Å². The molecule has 0 spiro atoms. The van der Waals surface area contributed by atoms with Crippen LogP contribution in [0.5, 0.6) is 0 Å². The minimum Gasteiger partial charge on any atom is -0.478 e. The van der Waals surface area contributed by atoms with Crippen molar-refractivity contribution in [3.05, 3.63) is 29.8 Å². The van der Waals surface area contributed by atoms with E-state index in [1.54, 1.807) is 18.2 Å². The van der Waals surface area contributed by atoms with Crippen molar-refractivity contribution in [2.45, 2.75) is 13.3 Å². The van der Waals surface area contributed by atoms with E-state index in [2.05, 4.69) is 10.6 Å². The van der Waals surface area contributed by atoms with Crippen LogP contribution in [0, 0.1) is 0 Å². The Labute approximate surface area is 99.8 Å². The molecule has 0 radical (unpaired) electrons. The lowest BCUT2D eigenvalue weighted by molar-refractivity contribution is -0.119. The van der Waals surface area contributed by atoms with Gasteiger partial charge >= 0.3 is 5.97 Å². The van der Waals surface area contributed by atoms with E-state index >= 15 is 0 Å². The largest absolute Gasteiger partial charge is 0.478 e. The van der Waals surface area contributed by atoms with Gasteiger partial charge in [0.1, 0.15) is 0 Å². The molecule has 5 heteroatoms. The van der Waals surface area contributed by atoms with Crippen LogP contribution >= 0.6 is 0 Å². The Morgan fingerprint density at radius 3 is 2.65 bits per heavy atom. The molecule has 3 N–H and O–H groups in total. The molecule has 0 unspecified atom stereocenters. The zero-order valence-corrected chi connectivity index (χ0v) is 9.69. The quantitative estimate of drug-likeness (QED) is 0.696. The maximum Gasteiger partial charge on any atom is 0.337 e. The number of carboxylic acids is 1. The van der Waals surface area contributed by atoms with Crippen molar-refractivity contribution in [2.24, 2.45) is 0 Å². The van der Waals surface area contributed by atoms with Crippen LogP contribution in [0.3, 0.4) is 0 Å². The first-order valence-electron chi connectivity index (χ1n) is 5.48. The number of aromatic carboxylic acids is 1. The summed E-state index contributed by atoms with van der Waals surface area (Å²) in [5, 5.41) is 14.4. The number of rotatable bonds is 6. The van der Waals surface area contributed by atoms with Crippen LogP contribution in [-0.4, -0.2) is 30.1 Å². The summed E-state index contributed by atoms with van der Waals surface area (Å²) in [4.78, 5) is 22.2. The summed E-state index contributed by atoms with van der Waals surface area (Å²) in [7, 11) is 0. The highest BCUT2D eigenvalue weighted by Crippen LogP contribution is 2.14. The molecule has 0 fully saturated rings. The van der Waals surface area contributed by atoms with E-state index in [9.17, 15) is 9.59 Å². The lowest BCUT2D eigenvalue weighted by Gasteiger charge is -2.09. The van der Waals surface area contributed by atoms with Crippen LogP contribution < -0.4 is 10.6 Å². The van der Waals surface area contributed by atoms with Gasteiger partial charge in [0.05, 0.1) is 12.1 Å². The molecule has 0 aliphatic heterocycles. The fourth-order valence-electron chi connectivity index (χ4n) is 1.33. The highest BCUT2D eigenvalue weighted by Gasteiger charge is 2.09. The molecule has 92 valence electrons. The van der Waals surface area contributed by atoms with Gasteiger partial charge in [-0.1, -0.05) is 19.1 Å². The number of hydrogen-bond donors (Lipinski definition) is 3. The number of nitrogens with one attached hydrogen (secondary N) is 2. The molecule has 0 atom stereocenters. The Kier molecular flexibility index (Phi) is 5.00. The first-order valence-corrected chi connectivity index (χ1v) is 5.48. The van der Waals surface area contributed by atoms with E-state index < -0.39 is 5.97 Å². The summed E-state index contributed by atoms with van der Waals surface area (Å²) in [6, 6.07) is 6.50. The van der Waals surface area contributed by atoms with Gasteiger partial charge in [-0.3, -0.25) is 4.79 Å². The molecule has 0 aromatic heterocycles. The van der Waals surface area contributed by atoms with E-state index in [0.717, 1.165) is 6.42 Å². The van der Waals surface area contributed by atoms with Gasteiger partial charge in [0, 0.05) is 12.2 Å². The second-order valence-electron chi connectivity index (χ2n) is 3.55. The number of carbonyl (C=O) groups excluding carboxylic acids is 1. The molecule has 5 nitrogen and oxygen atoms in total. The Morgan fingerprint density at radius 2 is 2.00 bits per heavy atom. The smallest absolute Gasteiger partial charge is 0.337 e. The van der Waals surface area contributed by atoms with Crippen LogP contribution in [0.25, 0.3) is 0 Å².